The third kappa shape index (κ3) is 3.22. The van der Waals surface area contributed by atoms with Gasteiger partial charge in [-0.1, -0.05) is 25.2 Å². The van der Waals surface area contributed by atoms with E-state index in [9.17, 15) is 0 Å². The van der Waals surface area contributed by atoms with Crippen LogP contribution in [0, 0.1) is 5.92 Å². The van der Waals surface area contributed by atoms with Crippen molar-refractivity contribution in [1.29, 1.82) is 0 Å². The molecule has 0 bridgehead atoms. The highest BCUT2D eigenvalue weighted by atomic mass is 15.1. The SMILES string of the molecule is C=CCN1CC/C=C\CC(C)C1. The van der Waals surface area contributed by atoms with E-state index < -0.39 is 0 Å². The van der Waals surface area contributed by atoms with E-state index in [0.29, 0.717) is 0 Å². The minimum atomic E-state index is 0.793. The fraction of sp³-hybridized carbons (Fsp3) is 0.636. The van der Waals surface area contributed by atoms with Crippen LogP contribution in [0.5, 0.6) is 0 Å². The molecule has 1 aliphatic heterocycles. The maximum Gasteiger partial charge on any atom is 0.0160 e. The highest BCUT2D eigenvalue weighted by Gasteiger charge is 2.08. The van der Waals surface area contributed by atoms with Crippen molar-refractivity contribution >= 4 is 0 Å². The van der Waals surface area contributed by atoms with Gasteiger partial charge < -0.3 is 0 Å². The number of rotatable bonds is 2. The van der Waals surface area contributed by atoms with Crippen LogP contribution in [0.3, 0.4) is 0 Å². The first-order valence-electron chi connectivity index (χ1n) is 4.81. The summed E-state index contributed by atoms with van der Waals surface area (Å²) in [5.74, 6) is 0.793. The first kappa shape index (κ1) is 9.53. The van der Waals surface area contributed by atoms with Crippen molar-refractivity contribution in [1.82, 2.24) is 4.90 Å². The van der Waals surface area contributed by atoms with Crippen LogP contribution in [0.1, 0.15) is 19.8 Å². The van der Waals surface area contributed by atoms with E-state index in [2.05, 4.69) is 30.6 Å². The first-order valence-corrected chi connectivity index (χ1v) is 4.81. The second-order valence-electron chi connectivity index (χ2n) is 3.65. The van der Waals surface area contributed by atoms with Gasteiger partial charge in [0.25, 0.3) is 0 Å². The summed E-state index contributed by atoms with van der Waals surface area (Å²) in [6.07, 6.45) is 9.04. The van der Waals surface area contributed by atoms with E-state index in [1.165, 1.54) is 25.9 Å². The van der Waals surface area contributed by atoms with E-state index in [4.69, 9.17) is 0 Å². The Kier molecular flexibility index (Phi) is 4.09. The lowest BCUT2D eigenvalue weighted by Gasteiger charge is -2.24. The Labute approximate surface area is 75.8 Å². The van der Waals surface area contributed by atoms with Gasteiger partial charge in [0.2, 0.25) is 0 Å². The number of allylic oxidation sites excluding steroid dienone is 1. The van der Waals surface area contributed by atoms with Crippen molar-refractivity contribution in [2.75, 3.05) is 19.6 Å². The van der Waals surface area contributed by atoms with Crippen molar-refractivity contribution in [3.05, 3.63) is 24.8 Å². The summed E-state index contributed by atoms with van der Waals surface area (Å²) in [7, 11) is 0. The summed E-state index contributed by atoms with van der Waals surface area (Å²) >= 11 is 0. The van der Waals surface area contributed by atoms with Crippen LogP contribution in [0.4, 0.5) is 0 Å². The summed E-state index contributed by atoms with van der Waals surface area (Å²) < 4.78 is 0. The number of nitrogens with zero attached hydrogens (tertiary/aromatic N) is 1. The van der Waals surface area contributed by atoms with Crippen LogP contribution < -0.4 is 0 Å². The lowest BCUT2D eigenvalue weighted by atomic mass is 10.0. The van der Waals surface area contributed by atoms with Crippen LogP contribution in [0.2, 0.25) is 0 Å². The van der Waals surface area contributed by atoms with Crippen molar-refractivity contribution in [3.8, 4) is 0 Å². The minimum Gasteiger partial charge on any atom is -0.299 e. The molecule has 0 aromatic rings. The predicted octanol–water partition coefficient (Wildman–Crippen LogP) is 2.46. The molecule has 68 valence electrons. The molecule has 12 heavy (non-hydrogen) atoms. The maximum absolute atomic E-state index is 3.77. The highest BCUT2D eigenvalue weighted by molar-refractivity contribution is 4.88. The molecule has 0 amide bonds. The molecule has 0 fully saturated rings. The van der Waals surface area contributed by atoms with Gasteiger partial charge in [-0.25, -0.2) is 0 Å². The van der Waals surface area contributed by atoms with Crippen molar-refractivity contribution in [3.63, 3.8) is 0 Å². The Hall–Kier alpha value is -0.560. The molecule has 0 aromatic carbocycles. The van der Waals surface area contributed by atoms with Gasteiger partial charge in [0.05, 0.1) is 0 Å². The molecule has 1 unspecified atom stereocenters. The molecule has 0 spiro atoms. The Morgan fingerprint density at radius 3 is 3.17 bits per heavy atom. The van der Waals surface area contributed by atoms with Gasteiger partial charge in [0, 0.05) is 19.6 Å². The zero-order valence-corrected chi connectivity index (χ0v) is 8.00. The summed E-state index contributed by atoms with van der Waals surface area (Å²) in [6, 6.07) is 0. The molecule has 0 saturated carbocycles. The molecule has 0 radical (unpaired) electrons. The molecule has 1 heterocycles. The lowest BCUT2D eigenvalue weighted by molar-refractivity contribution is 0.261. The van der Waals surface area contributed by atoms with Crippen LogP contribution in [-0.2, 0) is 0 Å². The summed E-state index contributed by atoms with van der Waals surface area (Å²) in [6.45, 7) is 9.53. The Bertz CT molecular complexity index is 160. The van der Waals surface area contributed by atoms with E-state index >= 15 is 0 Å². The van der Waals surface area contributed by atoms with Gasteiger partial charge in [-0.3, -0.25) is 4.90 Å². The Balaban J connectivity index is 2.41. The summed E-state index contributed by atoms with van der Waals surface area (Å²) in [5.41, 5.74) is 0. The molecule has 0 aromatic heterocycles. The third-order valence-electron chi connectivity index (χ3n) is 2.27. The largest absolute Gasteiger partial charge is 0.299 e. The molecule has 1 atom stereocenters. The van der Waals surface area contributed by atoms with Gasteiger partial charge in [0.15, 0.2) is 0 Å². The van der Waals surface area contributed by atoms with Crippen LogP contribution in [0.25, 0.3) is 0 Å². The van der Waals surface area contributed by atoms with E-state index in [1.54, 1.807) is 0 Å². The molecule has 1 nitrogen and oxygen atoms in total. The third-order valence-corrected chi connectivity index (χ3v) is 2.27. The normalized spacial score (nSPS) is 28.9. The Morgan fingerprint density at radius 2 is 2.42 bits per heavy atom. The molecule has 1 heteroatoms. The maximum atomic E-state index is 3.77. The molecule has 0 N–H and O–H groups in total. The summed E-state index contributed by atoms with van der Waals surface area (Å²) in [4.78, 5) is 2.47. The smallest absolute Gasteiger partial charge is 0.0160 e. The van der Waals surface area contributed by atoms with Crippen molar-refractivity contribution in [2.24, 2.45) is 5.92 Å². The molecule has 1 rings (SSSR count). The van der Waals surface area contributed by atoms with E-state index in [0.717, 1.165) is 12.5 Å². The topological polar surface area (TPSA) is 3.24 Å². The van der Waals surface area contributed by atoms with Gasteiger partial charge in [-0.15, -0.1) is 6.58 Å². The molecular formula is C11H19N. The van der Waals surface area contributed by atoms with E-state index in [-0.39, 0.29) is 0 Å². The van der Waals surface area contributed by atoms with Gasteiger partial charge in [0.1, 0.15) is 0 Å². The zero-order chi connectivity index (χ0) is 8.81. The van der Waals surface area contributed by atoms with Crippen LogP contribution >= 0.6 is 0 Å². The first-order chi connectivity index (χ1) is 5.83. The fourth-order valence-electron chi connectivity index (χ4n) is 1.66. The van der Waals surface area contributed by atoms with Crippen LogP contribution in [0.15, 0.2) is 24.8 Å². The van der Waals surface area contributed by atoms with Gasteiger partial charge in [-0.05, 0) is 18.8 Å². The molecular weight excluding hydrogens is 146 g/mol. The minimum absolute atomic E-state index is 0.793. The standard InChI is InChI=1S/C11H19N/c1-3-8-12-9-6-4-5-7-11(2)10-12/h3-5,11H,1,6-10H2,2H3/b5-4-. The monoisotopic (exact) mass is 165 g/mol. The summed E-state index contributed by atoms with van der Waals surface area (Å²) in [5, 5.41) is 0. The average Bonchev–Trinajstić information content (AvgIpc) is 2.00. The molecule has 0 saturated heterocycles. The van der Waals surface area contributed by atoms with Crippen molar-refractivity contribution in [2.45, 2.75) is 19.8 Å². The fourth-order valence-corrected chi connectivity index (χ4v) is 1.66. The van der Waals surface area contributed by atoms with Gasteiger partial charge >= 0.3 is 0 Å². The van der Waals surface area contributed by atoms with Gasteiger partial charge in [-0.2, -0.15) is 0 Å². The van der Waals surface area contributed by atoms with Crippen LogP contribution in [-0.4, -0.2) is 24.5 Å². The predicted molar refractivity (Wildman–Crippen MR) is 54.2 cm³/mol. The quantitative estimate of drug-likeness (QED) is 0.568. The highest BCUT2D eigenvalue weighted by Crippen LogP contribution is 2.10. The lowest BCUT2D eigenvalue weighted by Crippen LogP contribution is -2.30. The number of hydrogen-bond acceptors (Lipinski definition) is 1. The average molecular weight is 165 g/mol. The second kappa shape index (κ2) is 5.15. The number of hydrogen-bond donors (Lipinski definition) is 0. The Morgan fingerprint density at radius 1 is 1.58 bits per heavy atom. The van der Waals surface area contributed by atoms with Crippen molar-refractivity contribution < 1.29 is 0 Å². The second-order valence-corrected chi connectivity index (χ2v) is 3.65. The zero-order valence-electron chi connectivity index (χ0n) is 8.00. The molecule has 1 aliphatic rings. The molecule has 0 aliphatic carbocycles. The van der Waals surface area contributed by atoms with E-state index in [1.807, 2.05) is 6.08 Å².